The summed E-state index contributed by atoms with van der Waals surface area (Å²) >= 11 is 0. The van der Waals surface area contributed by atoms with Gasteiger partial charge in [0.2, 0.25) is 16.0 Å². The van der Waals surface area contributed by atoms with Crippen LogP contribution in [0.1, 0.15) is 6.92 Å². The second-order valence-corrected chi connectivity index (χ2v) is 7.53. The molecule has 1 aromatic rings. The van der Waals surface area contributed by atoms with Gasteiger partial charge in [-0.05, 0) is 31.2 Å². The molecule has 1 aromatic carbocycles. The molecule has 1 amide bonds. The molecule has 1 aliphatic heterocycles. The first-order valence-corrected chi connectivity index (χ1v) is 9.63. The zero-order valence-corrected chi connectivity index (χ0v) is 15.7. The number of piperazine rings is 1. The molecule has 2 rings (SSSR count). The molecule has 0 unspecified atom stereocenters. The lowest BCUT2D eigenvalue weighted by atomic mass is 10.3. The van der Waals surface area contributed by atoms with Crippen LogP contribution in [0, 0.1) is 0 Å². The number of benzene rings is 1. The van der Waals surface area contributed by atoms with Crippen molar-refractivity contribution in [2.75, 3.05) is 32.8 Å². The lowest BCUT2D eigenvalue weighted by Gasteiger charge is -2.33. The Bertz CT molecular complexity index is 824. The monoisotopic (exact) mass is 397 g/mol. The normalized spacial score (nSPS) is 16.0. The van der Waals surface area contributed by atoms with Crippen molar-refractivity contribution in [2.45, 2.75) is 11.8 Å². The van der Waals surface area contributed by atoms with Crippen LogP contribution in [-0.4, -0.2) is 68.4 Å². The maximum atomic E-state index is 12.7. The summed E-state index contributed by atoms with van der Waals surface area (Å²) in [6.07, 6.45) is -0.435. The van der Waals surface area contributed by atoms with Crippen LogP contribution in [0.2, 0.25) is 0 Å². The summed E-state index contributed by atoms with van der Waals surface area (Å²) in [7, 11) is -3.68. The highest BCUT2D eigenvalue weighted by Gasteiger charge is 2.30. The van der Waals surface area contributed by atoms with E-state index in [9.17, 15) is 13.2 Å². The summed E-state index contributed by atoms with van der Waals surface area (Å²) in [4.78, 5) is 20.9. The van der Waals surface area contributed by atoms with Gasteiger partial charge < -0.3 is 26.8 Å². The van der Waals surface area contributed by atoms with Gasteiger partial charge in [-0.25, -0.2) is 18.2 Å². The zero-order valence-electron chi connectivity index (χ0n) is 14.9. The molecular weight excluding hydrogens is 374 g/mol. The van der Waals surface area contributed by atoms with Crippen molar-refractivity contribution in [1.29, 1.82) is 0 Å². The number of nitrogens with zero attached hydrogens (tertiary/aromatic N) is 4. The number of guanidine groups is 2. The summed E-state index contributed by atoms with van der Waals surface area (Å²) in [5.41, 5.74) is 16.4. The quantitative estimate of drug-likeness (QED) is 0.448. The van der Waals surface area contributed by atoms with Gasteiger partial charge in [0, 0.05) is 26.2 Å². The molecule has 27 heavy (non-hydrogen) atoms. The first-order chi connectivity index (χ1) is 12.7. The minimum atomic E-state index is -3.68. The minimum Gasteiger partial charge on any atom is -0.450 e. The molecule has 6 N–H and O–H groups in total. The lowest BCUT2D eigenvalue weighted by Crippen LogP contribution is -2.50. The molecule has 1 fully saturated rings. The van der Waals surface area contributed by atoms with Crippen LogP contribution < -0.4 is 17.2 Å². The fourth-order valence-corrected chi connectivity index (χ4v) is 3.88. The van der Waals surface area contributed by atoms with E-state index in [1.165, 1.54) is 33.5 Å². The largest absolute Gasteiger partial charge is 0.450 e. The molecule has 12 heteroatoms. The van der Waals surface area contributed by atoms with Crippen molar-refractivity contribution in [3.63, 3.8) is 0 Å². The van der Waals surface area contributed by atoms with Gasteiger partial charge in [0.15, 0.2) is 5.96 Å². The Morgan fingerprint density at radius 2 is 1.70 bits per heavy atom. The van der Waals surface area contributed by atoms with Crippen molar-refractivity contribution in [3.8, 4) is 0 Å². The fraction of sp³-hybridized carbons (Fsp3) is 0.400. The predicted octanol–water partition coefficient (Wildman–Crippen LogP) is -0.631. The average molecular weight is 397 g/mol. The van der Waals surface area contributed by atoms with Gasteiger partial charge >= 0.3 is 6.09 Å². The summed E-state index contributed by atoms with van der Waals surface area (Å²) < 4.78 is 31.7. The molecular formula is C15H23N7O4S. The number of aliphatic imine (C=N–C) groups is 2. The minimum absolute atomic E-state index is 0.117. The van der Waals surface area contributed by atoms with E-state index in [0.717, 1.165) is 0 Å². The van der Waals surface area contributed by atoms with Crippen LogP contribution in [0.25, 0.3) is 0 Å². The molecule has 0 aliphatic carbocycles. The summed E-state index contributed by atoms with van der Waals surface area (Å²) in [6.45, 7) is 2.93. The van der Waals surface area contributed by atoms with Crippen LogP contribution >= 0.6 is 0 Å². The van der Waals surface area contributed by atoms with Crippen molar-refractivity contribution in [2.24, 2.45) is 27.2 Å². The van der Waals surface area contributed by atoms with E-state index in [-0.39, 0.29) is 49.6 Å². The smallest absolute Gasteiger partial charge is 0.409 e. The van der Waals surface area contributed by atoms with Crippen LogP contribution in [0.15, 0.2) is 39.1 Å². The standard InChI is InChI=1S/C15H23N7O4S/c1-2-26-15(23)21-7-9-22(10-8-21)27(24,25)12-5-3-11(4-6-12)19-14(18)20-13(16)17/h3-6H,2,7-10H2,1H3,(H6,16,17,18,19,20). The molecule has 1 saturated heterocycles. The zero-order chi connectivity index (χ0) is 20.0. The van der Waals surface area contributed by atoms with E-state index in [1.54, 1.807) is 6.92 Å². The van der Waals surface area contributed by atoms with Crippen LogP contribution in [0.5, 0.6) is 0 Å². The third kappa shape index (κ3) is 5.31. The molecule has 148 valence electrons. The van der Waals surface area contributed by atoms with E-state index in [4.69, 9.17) is 21.9 Å². The lowest BCUT2D eigenvalue weighted by molar-refractivity contribution is 0.0934. The SMILES string of the molecule is CCOC(=O)N1CCN(S(=O)(=O)c2ccc(N=C(N)N=C(N)N)cc2)CC1. The molecule has 0 aromatic heterocycles. The summed E-state index contributed by atoms with van der Waals surface area (Å²) in [6, 6.07) is 5.84. The average Bonchev–Trinajstić information content (AvgIpc) is 2.61. The maximum absolute atomic E-state index is 12.7. The highest BCUT2D eigenvalue weighted by Crippen LogP contribution is 2.21. The molecule has 1 aliphatic rings. The molecule has 0 saturated carbocycles. The Morgan fingerprint density at radius 3 is 2.22 bits per heavy atom. The molecule has 1 heterocycles. The Hall–Kier alpha value is -2.86. The first-order valence-electron chi connectivity index (χ1n) is 8.19. The Morgan fingerprint density at radius 1 is 1.11 bits per heavy atom. The number of sulfonamides is 1. The van der Waals surface area contributed by atoms with E-state index in [0.29, 0.717) is 5.69 Å². The van der Waals surface area contributed by atoms with Crippen LogP contribution in [0.4, 0.5) is 10.5 Å². The van der Waals surface area contributed by atoms with E-state index in [2.05, 4.69) is 9.98 Å². The van der Waals surface area contributed by atoms with Crippen LogP contribution in [-0.2, 0) is 14.8 Å². The third-order valence-corrected chi connectivity index (χ3v) is 5.64. The van der Waals surface area contributed by atoms with Gasteiger partial charge in [-0.3, -0.25) is 0 Å². The van der Waals surface area contributed by atoms with Gasteiger partial charge in [0.25, 0.3) is 0 Å². The van der Waals surface area contributed by atoms with Gasteiger partial charge in [0.05, 0.1) is 17.2 Å². The van der Waals surface area contributed by atoms with Crippen molar-refractivity contribution in [1.82, 2.24) is 9.21 Å². The van der Waals surface area contributed by atoms with Gasteiger partial charge in [0.1, 0.15) is 0 Å². The molecule has 0 bridgehead atoms. The van der Waals surface area contributed by atoms with E-state index < -0.39 is 16.1 Å². The van der Waals surface area contributed by atoms with Gasteiger partial charge in [-0.2, -0.15) is 9.30 Å². The summed E-state index contributed by atoms with van der Waals surface area (Å²) in [5, 5.41) is 0. The number of hydrogen-bond donors (Lipinski definition) is 3. The topological polar surface area (TPSA) is 170 Å². The number of hydrogen-bond acceptors (Lipinski definition) is 5. The predicted molar refractivity (Wildman–Crippen MR) is 101 cm³/mol. The van der Waals surface area contributed by atoms with Gasteiger partial charge in [-0.1, -0.05) is 0 Å². The highest BCUT2D eigenvalue weighted by molar-refractivity contribution is 7.89. The second kappa shape index (κ2) is 8.68. The number of nitrogens with two attached hydrogens (primary N) is 3. The van der Waals surface area contributed by atoms with Crippen molar-refractivity contribution in [3.05, 3.63) is 24.3 Å². The molecule has 0 spiro atoms. The number of rotatable bonds is 4. The fourth-order valence-electron chi connectivity index (χ4n) is 2.46. The number of amides is 1. The van der Waals surface area contributed by atoms with E-state index >= 15 is 0 Å². The second-order valence-electron chi connectivity index (χ2n) is 5.59. The van der Waals surface area contributed by atoms with Crippen molar-refractivity contribution < 1.29 is 17.9 Å². The number of carbonyl (C=O) groups is 1. The molecule has 0 atom stereocenters. The number of ether oxygens (including phenoxy) is 1. The highest BCUT2D eigenvalue weighted by atomic mass is 32.2. The van der Waals surface area contributed by atoms with Crippen molar-refractivity contribution >= 4 is 33.7 Å². The Kier molecular flexibility index (Phi) is 6.58. The number of carbonyl (C=O) groups excluding carboxylic acids is 1. The maximum Gasteiger partial charge on any atom is 0.409 e. The van der Waals surface area contributed by atoms with Crippen LogP contribution in [0.3, 0.4) is 0 Å². The van der Waals surface area contributed by atoms with Gasteiger partial charge in [-0.15, -0.1) is 0 Å². The Labute approximate surface area is 157 Å². The first kappa shape index (κ1) is 20.5. The third-order valence-electron chi connectivity index (χ3n) is 3.73. The molecule has 11 nitrogen and oxygen atoms in total. The molecule has 0 radical (unpaired) electrons. The Balaban J connectivity index is 2.07. The van der Waals surface area contributed by atoms with E-state index in [1.807, 2.05) is 0 Å². The summed E-state index contributed by atoms with van der Waals surface area (Å²) in [5.74, 6) is -0.363.